The number of alkyl halides is 3. The molecule has 6 heteroatoms. The fourth-order valence-corrected chi connectivity index (χ4v) is 3.71. The first-order chi connectivity index (χ1) is 14.5. The molecule has 1 heterocycles. The van der Waals surface area contributed by atoms with E-state index in [0.29, 0.717) is 12.4 Å². The van der Waals surface area contributed by atoms with Gasteiger partial charge in [0.1, 0.15) is 5.75 Å². The zero-order chi connectivity index (χ0) is 21.7. The van der Waals surface area contributed by atoms with Crippen molar-refractivity contribution in [1.29, 1.82) is 0 Å². The molecule has 0 unspecified atom stereocenters. The second-order valence-corrected chi connectivity index (χ2v) is 8.34. The quantitative estimate of drug-likeness (QED) is 0.229. The average molecular weight is 427 g/mol. The maximum atomic E-state index is 13.0. The smallest absolute Gasteiger partial charge is 0.442 e. The van der Waals surface area contributed by atoms with E-state index < -0.39 is 11.8 Å². The number of rotatable bonds is 17. The summed E-state index contributed by atoms with van der Waals surface area (Å²) in [4.78, 5) is 0. The van der Waals surface area contributed by atoms with Crippen molar-refractivity contribution >= 4 is 0 Å². The van der Waals surface area contributed by atoms with Crippen LogP contribution in [0.3, 0.4) is 0 Å². The Hall–Kier alpha value is -1.59. The van der Waals surface area contributed by atoms with Crippen LogP contribution in [0.4, 0.5) is 13.2 Å². The van der Waals surface area contributed by atoms with Crippen molar-refractivity contribution in [2.45, 2.75) is 109 Å². The fourth-order valence-electron chi connectivity index (χ4n) is 3.71. The van der Waals surface area contributed by atoms with Crippen LogP contribution in [0.5, 0.6) is 5.75 Å². The van der Waals surface area contributed by atoms with E-state index in [1.54, 1.807) is 12.1 Å². The van der Waals surface area contributed by atoms with Crippen LogP contribution in [-0.4, -0.2) is 12.8 Å². The van der Waals surface area contributed by atoms with Crippen LogP contribution in [0, 0.1) is 0 Å². The van der Waals surface area contributed by atoms with Crippen LogP contribution in [0.2, 0.25) is 0 Å². The predicted octanol–water partition coefficient (Wildman–Crippen LogP) is 8.73. The molecule has 1 aromatic rings. The third-order valence-corrected chi connectivity index (χ3v) is 5.72. The van der Waals surface area contributed by atoms with Crippen molar-refractivity contribution in [3.63, 3.8) is 0 Å². The molecular formula is C24H37F3N2O. The third-order valence-electron chi connectivity index (χ3n) is 5.72. The van der Waals surface area contributed by atoms with Gasteiger partial charge < -0.3 is 4.74 Å². The predicted molar refractivity (Wildman–Crippen MR) is 115 cm³/mol. The van der Waals surface area contributed by atoms with Gasteiger partial charge >= 0.3 is 11.8 Å². The van der Waals surface area contributed by atoms with Gasteiger partial charge in [0.15, 0.2) is 0 Å². The number of hydrogen-bond acceptors (Lipinski definition) is 3. The van der Waals surface area contributed by atoms with Crippen LogP contribution in [-0.2, 0) is 5.66 Å². The molecule has 0 N–H and O–H groups in total. The van der Waals surface area contributed by atoms with Crippen LogP contribution < -0.4 is 4.74 Å². The summed E-state index contributed by atoms with van der Waals surface area (Å²) in [6, 6.07) is 5.92. The summed E-state index contributed by atoms with van der Waals surface area (Å²) in [5, 5.41) is 6.42. The second kappa shape index (κ2) is 13.0. The monoisotopic (exact) mass is 426 g/mol. The first kappa shape index (κ1) is 24.7. The third kappa shape index (κ3) is 8.27. The number of unbranched alkanes of at least 4 members (excludes halogenated alkanes) is 13. The summed E-state index contributed by atoms with van der Waals surface area (Å²) in [6.45, 7) is 2.85. The first-order valence-electron chi connectivity index (χ1n) is 11.7. The van der Waals surface area contributed by atoms with Crippen molar-refractivity contribution in [2.24, 2.45) is 10.2 Å². The summed E-state index contributed by atoms with van der Waals surface area (Å²) >= 11 is 0. The standard InChI is InChI=1S/C24H37F3N2O/c1-2-3-4-5-6-7-8-9-10-11-12-13-14-15-20-30-22-18-16-21(17-19-22)23(28-29-23)24(25,26)27/h16-19H,2-15,20H2,1H3. The van der Waals surface area contributed by atoms with Crippen molar-refractivity contribution in [1.82, 2.24) is 0 Å². The number of halogens is 3. The highest BCUT2D eigenvalue weighted by Gasteiger charge is 2.65. The molecule has 0 saturated carbocycles. The van der Waals surface area contributed by atoms with E-state index in [1.165, 1.54) is 89.2 Å². The molecule has 1 aliphatic rings. The summed E-state index contributed by atoms with van der Waals surface area (Å²) < 4.78 is 44.6. The van der Waals surface area contributed by atoms with Crippen LogP contribution in [0.25, 0.3) is 0 Å². The lowest BCUT2D eigenvalue weighted by Crippen LogP contribution is -2.29. The molecule has 170 valence electrons. The Bertz CT molecular complexity index is 608. The van der Waals surface area contributed by atoms with E-state index in [4.69, 9.17) is 4.74 Å². The maximum Gasteiger partial charge on any atom is 0.442 e. The van der Waals surface area contributed by atoms with E-state index in [1.807, 2.05) is 0 Å². The molecule has 0 saturated heterocycles. The van der Waals surface area contributed by atoms with Crippen molar-refractivity contribution in [3.05, 3.63) is 29.8 Å². The SMILES string of the molecule is CCCCCCCCCCCCCCCCOc1ccc(C2(C(F)(F)F)N=N2)cc1. The molecule has 1 aliphatic heterocycles. The van der Waals surface area contributed by atoms with Crippen molar-refractivity contribution in [3.8, 4) is 5.75 Å². The normalized spacial score (nSPS) is 14.8. The number of benzene rings is 1. The lowest BCUT2D eigenvalue weighted by Gasteiger charge is -2.15. The lowest BCUT2D eigenvalue weighted by atomic mass is 10.0. The summed E-state index contributed by atoms with van der Waals surface area (Å²) in [6.07, 6.45) is 13.8. The minimum absolute atomic E-state index is 0.0406. The van der Waals surface area contributed by atoms with E-state index in [-0.39, 0.29) is 5.56 Å². The summed E-state index contributed by atoms with van der Waals surface area (Å²) in [5.41, 5.74) is -2.31. The Morgan fingerprint density at radius 1 is 0.700 bits per heavy atom. The van der Waals surface area contributed by atoms with Gasteiger partial charge in [-0.25, -0.2) is 0 Å². The fraction of sp³-hybridized carbons (Fsp3) is 0.750. The van der Waals surface area contributed by atoms with Gasteiger partial charge in [0.2, 0.25) is 0 Å². The molecule has 0 spiro atoms. The topological polar surface area (TPSA) is 34.0 Å². The highest BCUT2D eigenvalue weighted by molar-refractivity contribution is 5.35. The van der Waals surface area contributed by atoms with Gasteiger partial charge in [-0.2, -0.15) is 13.2 Å². The van der Waals surface area contributed by atoms with E-state index in [2.05, 4.69) is 17.2 Å². The second-order valence-electron chi connectivity index (χ2n) is 8.34. The molecule has 30 heavy (non-hydrogen) atoms. The zero-order valence-corrected chi connectivity index (χ0v) is 18.4. The van der Waals surface area contributed by atoms with Gasteiger partial charge in [0, 0.05) is 5.56 Å². The molecule has 0 aromatic heterocycles. The Kier molecular flexibility index (Phi) is 10.7. The molecule has 0 radical (unpaired) electrons. The average Bonchev–Trinajstić information content (AvgIpc) is 3.53. The molecular weight excluding hydrogens is 389 g/mol. The van der Waals surface area contributed by atoms with Gasteiger partial charge in [-0.1, -0.05) is 103 Å². The molecule has 2 rings (SSSR count). The van der Waals surface area contributed by atoms with Crippen molar-refractivity contribution < 1.29 is 17.9 Å². The Morgan fingerprint density at radius 2 is 1.13 bits per heavy atom. The minimum Gasteiger partial charge on any atom is -0.494 e. The van der Waals surface area contributed by atoms with Crippen molar-refractivity contribution in [2.75, 3.05) is 6.61 Å². The maximum absolute atomic E-state index is 13.0. The first-order valence-corrected chi connectivity index (χ1v) is 11.7. The van der Waals surface area contributed by atoms with Crippen LogP contribution >= 0.6 is 0 Å². The van der Waals surface area contributed by atoms with Crippen LogP contribution in [0.1, 0.15) is 102 Å². The van der Waals surface area contributed by atoms with Gasteiger partial charge in [-0.05, 0) is 18.6 Å². The molecule has 0 atom stereocenters. The highest BCUT2D eigenvalue weighted by Crippen LogP contribution is 2.52. The molecule has 0 bridgehead atoms. The zero-order valence-electron chi connectivity index (χ0n) is 18.4. The van der Waals surface area contributed by atoms with E-state index >= 15 is 0 Å². The van der Waals surface area contributed by atoms with Gasteiger partial charge in [-0.3, -0.25) is 0 Å². The summed E-state index contributed by atoms with van der Waals surface area (Å²) in [5.74, 6) is 0.589. The van der Waals surface area contributed by atoms with E-state index in [0.717, 1.165) is 12.8 Å². The van der Waals surface area contributed by atoms with E-state index in [9.17, 15) is 13.2 Å². The van der Waals surface area contributed by atoms with Gasteiger partial charge in [0.05, 0.1) is 6.61 Å². The van der Waals surface area contributed by atoms with Crippen LogP contribution in [0.15, 0.2) is 34.5 Å². The lowest BCUT2D eigenvalue weighted by molar-refractivity contribution is -0.166. The molecule has 3 nitrogen and oxygen atoms in total. The molecule has 0 amide bonds. The molecule has 0 fully saturated rings. The molecule has 0 aliphatic carbocycles. The van der Waals surface area contributed by atoms with Gasteiger partial charge in [-0.15, -0.1) is 10.2 Å². The number of nitrogens with zero attached hydrogens (tertiary/aromatic N) is 2. The largest absolute Gasteiger partial charge is 0.494 e. The summed E-state index contributed by atoms with van der Waals surface area (Å²) in [7, 11) is 0. The molecule has 1 aromatic carbocycles. The number of hydrogen-bond donors (Lipinski definition) is 0. The Labute approximate surface area is 179 Å². The minimum atomic E-state index is -4.48. The van der Waals surface area contributed by atoms with Gasteiger partial charge in [0.25, 0.3) is 0 Å². The highest BCUT2D eigenvalue weighted by atomic mass is 19.4. The Balaban J connectivity index is 1.42. The Morgan fingerprint density at radius 3 is 1.53 bits per heavy atom. The number of ether oxygens (including phenoxy) is 1.